The predicted octanol–water partition coefficient (Wildman–Crippen LogP) is 3.51. The Morgan fingerprint density at radius 1 is 0.963 bits per heavy atom. The summed E-state index contributed by atoms with van der Waals surface area (Å²) in [6.07, 6.45) is -0.315. The number of amides is 2. The van der Waals surface area contributed by atoms with Gasteiger partial charge in [0.15, 0.2) is 0 Å². The Morgan fingerprint density at radius 2 is 1.48 bits per heavy atom. The molecule has 27 heavy (non-hydrogen) atoms. The van der Waals surface area contributed by atoms with Crippen LogP contribution in [0.15, 0.2) is 24.3 Å². The quantitative estimate of drug-likeness (QED) is 0.807. The van der Waals surface area contributed by atoms with Gasteiger partial charge in [-0.2, -0.15) is 0 Å². The van der Waals surface area contributed by atoms with Gasteiger partial charge in [-0.05, 0) is 44.4 Å². The molecule has 0 aliphatic carbocycles. The number of hydrogen-bond acceptors (Lipinski definition) is 4. The summed E-state index contributed by atoms with van der Waals surface area (Å²) in [6.45, 7) is 11.7. The summed E-state index contributed by atoms with van der Waals surface area (Å²) in [4.78, 5) is 28.9. The molecule has 0 spiro atoms. The second-order valence-electron chi connectivity index (χ2n) is 8.29. The predicted molar refractivity (Wildman–Crippen MR) is 105 cm³/mol. The Balaban J connectivity index is 2.02. The van der Waals surface area contributed by atoms with Gasteiger partial charge in [-0.25, -0.2) is 4.79 Å². The van der Waals surface area contributed by atoms with E-state index in [1.807, 2.05) is 49.9 Å². The molecule has 1 saturated heterocycles. The number of methoxy groups -OCH3 is 1. The summed E-state index contributed by atoms with van der Waals surface area (Å²) < 4.78 is 10.6. The summed E-state index contributed by atoms with van der Waals surface area (Å²) in [7, 11) is 1.63. The number of carbonyl (C=O) groups excluding carboxylic acids is 2. The van der Waals surface area contributed by atoms with Gasteiger partial charge in [-0.15, -0.1) is 0 Å². The average molecular weight is 376 g/mol. The van der Waals surface area contributed by atoms with Crippen LogP contribution in [0.3, 0.4) is 0 Å². The van der Waals surface area contributed by atoms with Crippen molar-refractivity contribution in [3.8, 4) is 5.75 Å². The number of benzene rings is 1. The summed E-state index contributed by atoms with van der Waals surface area (Å²) in [5.41, 5.74) is 0.478. The molecule has 1 fully saturated rings. The SMILES string of the molecule is COc1ccc(C(C(=O)N2CCN(C(=O)OC(C)(C)C)CC2)C(C)C)cc1. The largest absolute Gasteiger partial charge is 0.497 e. The molecule has 0 radical (unpaired) electrons. The van der Waals surface area contributed by atoms with Crippen molar-refractivity contribution in [3.63, 3.8) is 0 Å². The lowest BCUT2D eigenvalue weighted by atomic mass is 9.87. The van der Waals surface area contributed by atoms with Crippen molar-refractivity contribution in [2.75, 3.05) is 33.3 Å². The first-order valence-electron chi connectivity index (χ1n) is 9.53. The summed E-state index contributed by atoms with van der Waals surface area (Å²) >= 11 is 0. The van der Waals surface area contributed by atoms with Crippen LogP contribution in [-0.4, -0.2) is 60.7 Å². The third-order valence-electron chi connectivity index (χ3n) is 4.65. The molecule has 0 aromatic heterocycles. The second kappa shape index (κ2) is 8.63. The number of piperazine rings is 1. The van der Waals surface area contributed by atoms with Gasteiger partial charge in [0.05, 0.1) is 13.0 Å². The maximum atomic E-state index is 13.2. The molecule has 1 atom stereocenters. The first-order valence-corrected chi connectivity index (χ1v) is 9.53. The Labute approximate surface area is 162 Å². The molecule has 6 heteroatoms. The molecule has 0 saturated carbocycles. The van der Waals surface area contributed by atoms with E-state index in [0.717, 1.165) is 11.3 Å². The molecule has 1 aliphatic rings. The number of rotatable bonds is 4. The lowest BCUT2D eigenvalue weighted by Crippen LogP contribution is -2.52. The maximum Gasteiger partial charge on any atom is 0.410 e. The zero-order chi connectivity index (χ0) is 20.2. The van der Waals surface area contributed by atoms with Gasteiger partial charge < -0.3 is 19.3 Å². The molecule has 1 heterocycles. The van der Waals surface area contributed by atoms with Crippen molar-refractivity contribution < 1.29 is 19.1 Å². The van der Waals surface area contributed by atoms with Crippen LogP contribution in [0.2, 0.25) is 0 Å². The zero-order valence-corrected chi connectivity index (χ0v) is 17.3. The molecule has 1 aliphatic heterocycles. The van der Waals surface area contributed by atoms with Crippen LogP contribution in [0, 0.1) is 5.92 Å². The fourth-order valence-corrected chi connectivity index (χ4v) is 3.26. The third kappa shape index (κ3) is 5.62. The summed E-state index contributed by atoms with van der Waals surface area (Å²) in [5, 5.41) is 0. The standard InChI is InChI=1S/C21H32N2O4/c1-15(2)18(16-7-9-17(26-6)10-8-16)19(24)22-11-13-23(14-12-22)20(25)27-21(3,4)5/h7-10,15,18H,11-14H2,1-6H3. The van der Waals surface area contributed by atoms with Crippen molar-refractivity contribution in [3.05, 3.63) is 29.8 Å². The van der Waals surface area contributed by atoms with Crippen LogP contribution < -0.4 is 4.74 Å². The van der Waals surface area contributed by atoms with E-state index < -0.39 is 5.60 Å². The molecule has 1 aromatic rings. The maximum absolute atomic E-state index is 13.2. The monoisotopic (exact) mass is 376 g/mol. The van der Waals surface area contributed by atoms with E-state index in [2.05, 4.69) is 13.8 Å². The van der Waals surface area contributed by atoms with Crippen LogP contribution in [0.1, 0.15) is 46.1 Å². The topological polar surface area (TPSA) is 59.1 Å². The van der Waals surface area contributed by atoms with Crippen molar-refractivity contribution >= 4 is 12.0 Å². The molecule has 1 aromatic carbocycles. The van der Waals surface area contributed by atoms with Gasteiger partial charge in [-0.1, -0.05) is 26.0 Å². The van der Waals surface area contributed by atoms with Gasteiger partial charge in [0, 0.05) is 26.2 Å². The van der Waals surface area contributed by atoms with E-state index in [-0.39, 0.29) is 23.8 Å². The smallest absolute Gasteiger partial charge is 0.410 e. The molecule has 0 bridgehead atoms. The Hall–Kier alpha value is -2.24. The Kier molecular flexibility index (Phi) is 6.73. The van der Waals surface area contributed by atoms with Gasteiger partial charge in [0.2, 0.25) is 5.91 Å². The molecule has 2 amide bonds. The highest BCUT2D eigenvalue weighted by Gasteiger charge is 2.32. The van der Waals surface area contributed by atoms with Crippen molar-refractivity contribution in [1.82, 2.24) is 9.80 Å². The highest BCUT2D eigenvalue weighted by atomic mass is 16.6. The highest BCUT2D eigenvalue weighted by molar-refractivity contribution is 5.84. The number of hydrogen-bond donors (Lipinski definition) is 0. The summed E-state index contributed by atoms with van der Waals surface area (Å²) in [5.74, 6) is 0.859. The molecular formula is C21H32N2O4. The second-order valence-corrected chi connectivity index (χ2v) is 8.29. The normalized spacial score (nSPS) is 16.3. The Bertz CT molecular complexity index is 641. The van der Waals surface area contributed by atoms with E-state index in [4.69, 9.17) is 9.47 Å². The zero-order valence-electron chi connectivity index (χ0n) is 17.3. The lowest BCUT2D eigenvalue weighted by molar-refractivity contribution is -0.135. The first-order chi connectivity index (χ1) is 12.6. The molecular weight excluding hydrogens is 344 g/mol. The highest BCUT2D eigenvalue weighted by Crippen LogP contribution is 2.29. The molecule has 6 nitrogen and oxygen atoms in total. The van der Waals surface area contributed by atoms with E-state index in [9.17, 15) is 9.59 Å². The molecule has 1 unspecified atom stereocenters. The fourth-order valence-electron chi connectivity index (χ4n) is 3.26. The third-order valence-corrected chi connectivity index (χ3v) is 4.65. The van der Waals surface area contributed by atoms with Gasteiger partial charge in [-0.3, -0.25) is 4.79 Å². The van der Waals surface area contributed by atoms with Crippen molar-refractivity contribution in [2.24, 2.45) is 5.92 Å². The van der Waals surface area contributed by atoms with Crippen LogP contribution in [0.5, 0.6) is 5.75 Å². The van der Waals surface area contributed by atoms with E-state index >= 15 is 0 Å². The molecule has 150 valence electrons. The molecule has 0 N–H and O–H groups in total. The van der Waals surface area contributed by atoms with Gasteiger partial charge in [0.1, 0.15) is 11.4 Å². The van der Waals surface area contributed by atoms with Crippen molar-refractivity contribution in [1.29, 1.82) is 0 Å². The van der Waals surface area contributed by atoms with Gasteiger partial charge in [0.25, 0.3) is 0 Å². The minimum Gasteiger partial charge on any atom is -0.497 e. The van der Waals surface area contributed by atoms with Crippen LogP contribution in [0.4, 0.5) is 4.79 Å². The Morgan fingerprint density at radius 3 is 1.93 bits per heavy atom. The minimum absolute atomic E-state index is 0.110. The minimum atomic E-state index is -0.513. The van der Waals surface area contributed by atoms with E-state index in [0.29, 0.717) is 26.2 Å². The van der Waals surface area contributed by atoms with E-state index in [1.54, 1.807) is 12.0 Å². The molecule has 2 rings (SSSR count). The van der Waals surface area contributed by atoms with Crippen LogP contribution >= 0.6 is 0 Å². The average Bonchev–Trinajstić information content (AvgIpc) is 2.61. The number of carbonyl (C=O) groups is 2. The van der Waals surface area contributed by atoms with Gasteiger partial charge >= 0.3 is 6.09 Å². The summed E-state index contributed by atoms with van der Waals surface area (Å²) in [6, 6.07) is 7.69. The number of ether oxygens (including phenoxy) is 2. The first kappa shape index (κ1) is 21.1. The van der Waals surface area contributed by atoms with Crippen molar-refractivity contribution in [2.45, 2.75) is 46.1 Å². The number of nitrogens with zero attached hydrogens (tertiary/aromatic N) is 2. The fraction of sp³-hybridized carbons (Fsp3) is 0.619. The van der Waals surface area contributed by atoms with Crippen LogP contribution in [-0.2, 0) is 9.53 Å². The lowest BCUT2D eigenvalue weighted by Gasteiger charge is -2.37. The van der Waals surface area contributed by atoms with E-state index in [1.165, 1.54) is 0 Å². The van der Waals surface area contributed by atoms with Crippen LogP contribution in [0.25, 0.3) is 0 Å².